The SMILES string of the molecule is CNCCN(C)c1ccc(C(=O)N2CCCCC2CCn2cccn2)cn1. The second kappa shape index (κ2) is 9.50. The van der Waals surface area contributed by atoms with E-state index in [1.807, 2.05) is 48.1 Å². The third-order valence-corrected chi connectivity index (χ3v) is 5.22. The van der Waals surface area contributed by atoms with Gasteiger partial charge in [0.05, 0.1) is 5.56 Å². The first-order chi connectivity index (χ1) is 13.2. The Morgan fingerprint density at radius 1 is 1.37 bits per heavy atom. The van der Waals surface area contributed by atoms with Crippen molar-refractivity contribution in [3.05, 3.63) is 42.4 Å². The number of carbonyl (C=O) groups is 1. The number of nitrogens with zero attached hydrogens (tertiary/aromatic N) is 5. The molecule has 0 radical (unpaired) electrons. The van der Waals surface area contributed by atoms with E-state index < -0.39 is 0 Å². The largest absolute Gasteiger partial charge is 0.358 e. The molecule has 1 atom stereocenters. The van der Waals surface area contributed by atoms with E-state index in [2.05, 4.69) is 20.3 Å². The number of amides is 1. The first-order valence-corrected chi connectivity index (χ1v) is 9.79. The van der Waals surface area contributed by atoms with E-state index in [-0.39, 0.29) is 11.9 Å². The van der Waals surface area contributed by atoms with Gasteiger partial charge in [-0.1, -0.05) is 0 Å². The summed E-state index contributed by atoms with van der Waals surface area (Å²) < 4.78 is 1.94. The summed E-state index contributed by atoms with van der Waals surface area (Å²) in [6.07, 6.45) is 9.74. The second-order valence-electron chi connectivity index (χ2n) is 7.14. The van der Waals surface area contributed by atoms with Crippen molar-refractivity contribution in [3.8, 4) is 0 Å². The van der Waals surface area contributed by atoms with Crippen LogP contribution in [0.25, 0.3) is 0 Å². The highest BCUT2D eigenvalue weighted by Crippen LogP contribution is 2.23. The molecule has 0 aromatic carbocycles. The summed E-state index contributed by atoms with van der Waals surface area (Å²) >= 11 is 0. The molecule has 0 bridgehead atoms. The fourth-order valence-electron chi connectivity index (χ4n) is 3.58. The van der Waals surface area contributed by atoms with Crippen molar-refractivity contribution in [1.82, 2.24) is 25.0 Å². The third-order valence-electron chi connectivity index (χ3n) is 5.22. The van der Waals surface area contributed by atoms with Crippen molar-refractivity contribution >= 4 is 11.7 Å². The van der Waals surface area contributed by atoms with Crippen LogP contribution in [0, 0.1) is 0 Å². The number of anilines is 1. The summed E-state index contributed by atoms with van der Waals surface area (Å²) in [6, 6.07) is 6.05. The van der Waals surface area contributed by atoms with E-state index >= 15 is 0 Å². The molecule has 1 N–H and O–H groups in total. The highest BCUT2D eigenvalue weighted by molar-refractivity contribution is 5.94. The fourth-order valence-corrected chi connectivity index (χ4v) is 3.58. The highest BCUT2D eigenvalue weighted by atomic mass is 16.2. The lowest BCUT2D eigenvalue weighted by atomic mass is 9.98. The van der Waals surface area contributed by atoms with E-state index in [1.165, 1.54) is 6.42 Å². The van der Waals surface area contributed by atoms with E-state index in [1.54, 1.807) is 12.4 Å². The third kappa shape index (κ3) is 5.07. The lowest BCUT2D eigenvalue weighted by Gasteiger charge is -2.36. The topological polar surface area (TPSA) is 66.3 Å². The molecule has 0 saturated carbocycles. The minimum Gasteiger partial charge on any atom is -0.358 e. The highest BCUT2D eigenvalue weighted by Gasteiger charge is 2.27. The predicted octanol–water partition coefficient (Wildman–Crippen LogP) is 2.02. The number of likely N-dealkylation sites (N-methyl/N-ethyl adjacent to an activating group) is 2. The van der Waals surface area contributed by atoms with Gasteiger partial charge in [-0.2, -0.15) is 5.10 Å². The van der Waals surface area contributed by atoms with Crippen molar-refractivity contribution < 1.29 is 4.79 Å². The lowest BCUT2D eigenvalue weighted by Crippen LogP contribution is -2.44. The predicted molar refractivity (Wildman–Crippen MR) is 107 cm³/mol. The molecule has 0 aliphatic carbocycles. The first-order valence-electron chi connectivity index (χ1n) is 9.79. The Labute approximate surface area is 161 Å². The van der Waals surface area contributed by atoms with Crippen LogP contribution < -0.4 is 10.2 Å². The summed E-state index contributed by atoms with van der Waals surface area (Å²) in [7, 11) is 3.95. The quantitative estimate of drug-likeness (QED) is 0.770. The zero-order valence-corrected chi connectivity index (χ0v) is 16.3. The van der Waals surface area contributed by atoms with Gasteiger partial charge in [-0.25, -0.2) is 4.98 Å². The van der Waals surface area contributed by atoms with Crippen LogP contribution in [-0.2, 0) is 6.54 Å². The molecule has 0 spiro atoms. The minimum atomic E-state index is 0.0945. The van der Waals surface area contributed by atoms with Crippen molar-refractivity contribution in [2.24, 2.45) is 0 Å². The van der Waals surface area contributed by atoms with Gasteiger partial charge in [0.15, 0.2) is 0 Å². The van der Waals surface area contributed by atoms with Crippen LogP contribution in [0.2, 0.25) is 0 Å². The molecule has 3 heterocycles. The van der Waals surface area contributed by atoms with E-state index in [9.17, 15) is 4.79 Å². The van der Waals surface area contributed by atoms with Gasteiger partial charge in [0, 0.05) is 57.9 Å². The number of likely N-dealkylation sites (tertiary alicyclic amines) is 1. The van der Waals surface area contributed by atoms with Gasteiger partial charge in [0.2, 0.25) is 0 Å². The van der Waals surface area contributed by atoms with Crippen LogP contribution in [0.5, 0.6) is 0 Å². The van der Waals surface area contributed by atoms with Crippen LogP contribution in [0.3, 0.4) is 0 Å². The van der Waals surface area contributed by atoms with Crippen molar-refractivity contribution in [2.45, 2.75) is 38.3 Å². The molecular formula is C20H30N6O. The number of aryl methyl sites for hydroxylation is 1. The second-order valence-corrected chi connectivity index (χ2v) is 7.14. The van der Waals surface area contributed by atoms with Gasteiger partial charge in [-0.3, -0.25) is 9.48 Å². The van der Waals surface area contributed by atoms with Gasteiger partial charge >= 0.3 is 0 Å². The van der Waals surface area contributed by atoms with Gasteiger partial charge in [0.25, 0.3) is 5.91 Å². The normalized spacial score (nSPS) is 17.1. The average Bonchev–Trinajstić information content (AvgIpc) is 3.24. The Balaban J connectivity index is 1.63. The van der Waals surface area contributed by atoms with Gasteiger partial charge < -0.3 is 15.1 Å². The summed E-state index contributed by atoms with van der Waals surface area (Å²) in [6.45, 7) is 3.43. The maximum atomic E-state index is 13.1. The maximum Gasteiger partial charge on any atom is 0.255 e. The molecule has 3 rings (SSSR count). The Hall–Kier alpha value is -2.41. The van der Waals surface area contributed by atoms with Crippen molar-refractivity contribution in [1.29, 1.82) is 0 Å². The van der Waals surface area contributed by atoms with Gasteiger partial charge in [-0.15, -0.1) is 0 Å². The summed E-state index contributed by atoms with van der Waals surface area (Å²) in [5.74, 6) is 0.979. The zero-order chi connectivity index (χ0) is 19.1. The van der Waals surface area contributed by atoms with Crippen LogP contribution in [0.15, 0.2) is 36.8 Å². The zero-order valence-electron chi connectivity index (χ0n) is 16.3. The van der Waals surface area contributed by atoms with Crippen LogP contribution in [-0.4, -0.2) is 65.3 Å². The van der Waals surface area contributed by atoms with E-state index in [0.29, 0.717) is 5.56 Å². The average molecular weight is 371 g/mol. The molecule has 2 aromatic rings. The Kier molecular flexibility index (Phi) is 6.81. The number of nitrogens with one attached hydrogen (secondary N) is 1. The number of rotatable bonds is 8. The molecule has 146 valence electrons. The van der Waals surface area contributed by atoms with Crippen LogP contribution in [0.4, 0.5) is 5.82 Å². The molecule has 27 heavy (non-hydrogen) atoms. The van der Waals surface area contributed by atoms with E-state index in [4.69, 9.17) is 0 Å². The molecule has 7 nitrogen and oxygen atoms in total. The van der Waals surface area contributed by atoms with Crippen molar-refractivity contribution in [2.75, 3.05) is 38.6 Å². The molecule has 1 fully saturated rings. The number of aromatic nitrogens is 3. The molecule has 1 amide bonds. The number of carbonyl (C=O) groups excluding carboxylic acids is 1. The summed E-state index contributed by atoms with van der Waals surface area (Å²) in [4.78, 5) is 21.7. The molecular weight excluding hydrogens is 340 g/mol. The lowest BCUT2D eigenvalue weighted by molar-refractivity contribution is 0.0593. The first kappa shape index (κ1) is 19.4. The van der Waals surface area contributed by atoms with Crippen LogP contribution in [0.1, 0.15) is 36.0 Å². The molecule has 1 unspecified atom stereocenters. The van der Waals surface area contributed by atoms with E-state index in [0.717, 1.165) is 51.3 Å². The number of pyridine rings is 1. The maximum absolute atomic E-state index is 13.1. The van der Waals surface area contributed by atoms with Crippen molar-refractivity contribution in [3.63, 3.8) is 0 Å². The Morgan fingerprint density at radius 3 is 2.96 bits per heavy atom. The standard InChI is InChI=1S/C20H30N6O/c1-21-11-15-24(2)19-8-7-17(16-22-19)20(27)26-13-4-3-6-18(26)9-14-25-12-5-10-23-25/h5,7-8,10,12,16,18,21H,3-4,6,9,11,13-15H2,1-2H3. The smallest absolute Gasteiger partial charge is 0.255 e. The summed E-state index contributed by atoms with van der Waals surface area (Å²) in [5.41, 5.74) is 0.673. The Morgan fingerprint density at radius 2 is 2.26 bits per heavy atom. The monoisotopic (exact) mass is 370 g/mol. The number of piperidine rings is 1. The Bertz CT molecular complexity index is 700. The number of hydrogen-bond acceptors (Lipinski definition) is 5. The molecule has 1 saturated heterocycles. The molecule has 1 aliphatic rings. The molecule has 1 aliphatic heterocycles. The fraction of sp³-hybridized carbons (Fsp3) is 0.550. The van der Waals surface area contributed by atoms with Gasteiger partial charge in [-0.05, 0) is 50.9 Å². The molecule has 2 aromatic heterocycles. The van der Waals surface area contributed by atoms with Gasteiger partial charge in [0.1, 0.15) is 5.82 Å². The number of hydrogen-bond donors (Lipinski definition) is 1. The van der Waals surface area contributed by atoms with Crippen LogP contribution >= 0.6 is 0 Å². The molecule has 7 heteroatoms. The summed E-state index contributed by atoms with van der Waals surface area (Å²) in [5, 5.41) is 7.40. The minimum absolute atomic E-state index is 0.0945.